The lowest BCUT2D eigenvalue weighted by Crippen LogP contribution is -2.12. The van der Waals surface area contributed by atoms with Crippen molar-refractivity contribution in [2.24, 2.45) is 5.92 Å². The first kappa shape index (κ1) is 24.2. The quantitative estimate of drug-likeness (QED) is 0.221. The van der Waals surface area contributed by atoms with Crippen LogP contribution in [0.2, 0.25) is 0 Å². The van der Waals surface area contributed by atoms with Crippen molar-refractivity contribution in [2.75, 3.05) is 0 Å². The van der Waals surface area contributed by atoms with Crippen molar-refractivity contribution < 1.29 is 0 Å². The first-order chi connectivity index (χ1) is 13.3. The molecule has 2 atom stereocenters. The molecule has 0 fully saturated rings. The standard InChI is InChI=1S/C25H48N2/c1-4-5-6-7-8-9-10-11-12-13-14-15-16-17-18-19-20-24(2)25(3)27-22-21-26-23-27/h21-25H,4-20H2,1-3H3. The molecule has 2 heteroatoms. The molecule has 0 aliphatic heterocycles. The Bertz CT molecular complexity index is 398. The van der Waals surface area contributed by atoms with Crippen LogP contribution < -0.4 is 0 Å². The topological polar surface area (TPSA) is 17.8 Å². The normalized spacial score (nSPS) is 13.7. The van der Waals surface area contributed by atoms with Gasteiger partial charge in [0.2, 0.25) is 0 Å². The van der Waals surface area contributed by atoms with Gasteiger partial charge in [-0.2, -0.15) is 0 Å². The molecule has 0 radical (unpaired) electrons. The molecule has 0 spiro atoms. The monoisotopic (exact) mass is 376 g/mol. The fourth-order valence-corrected chi connectivity index (χ4v) is 4.06. The third-order valence-electron chi connectivity index (χ3n) is 6.33. The molecule has 1 aromatic heterocycles. The van der Waals surface area contributed by atoms with Crippen LogP contribution in [0.3, 0.4) is 0 Å². The van der Waals surface area contributed by atoms with E-state index >= 15 is 0 Å². The van der Waals surface area contributed by atoms with Gasteiger partial charge in [0.25, 0.3) is 0 Å². The van der Waals surface area contributed by atoms with Gasteiger partial charge in [0.05, 0.1) is 6.33 Å². The van der Waals surface area contributed by atoms with E-state index in [0.717, 1.165) is 5.92 Å². The highest BCUT2D eigenvalue weighted by atomic mass is 15.0. The van der Waals surface area contributed by atoms with Crippen molar-refractivity contribution >= 4 is 0 Å². The Kier molecular flexibility index (Phi) is 15.6. The average Bonchev–Trinajstić information content (AvgIpc) is 3.21. The van der Waals surface area contributed by atoms with Crippen molar-refractivity contribution in [3.8, 4) is 0 Å². The zero-order chi connectivity index (χ0) is 19.6. The molecule has 0 aliphatic rings. The van der Waals surface area contributed by atoms with Crippen LogP contribution in [0.4, 0.5) is 0 Å². The highest BCUT2D eigenvalue weighted by molar-refractivity contribution is 4.80. The van der Waals surface area contributed by atoms with Crippen molar-refractivity contribution in [2.45, 2.75) is 136 Å². The highest BCUT2D eigenvalue weighted by Gasteiger charge is 2.12. The van der Waals surface area contributed by atoms with Gasteiger partial charge in [-0.05, 0) is 19.3 Å². The largest absolute Gasteiger partial charge is 0.334 e. The zero-order valence-electron chi connectivity index (χ0n) is 18.8. The van der Waals surface area contributed by atoms with Gasteiger partial charge in [0.15, 0.2) is 0 Å². The van der Waals surface area contributed by atoms with Gasteiger partial charge in [-0.25, -0.2) is 4.98 Å². The van der Waals surface area contributed by atoms with Crippen LogP contribution in [0.25, 0.3) is 0 Å². The number of nitrogens with zero attached hydrogens (tertiary/aromatic N) is 2. The Balaban J connectivity index is 1.78. The predicted molar refractivity (Wildman–Crippen MR) is 120 cm³/mol. The molecule has 1 aromatic rings. The minimum absolute atomic E-state index is 0.573. The van der Waals surface area contributed by atoms with E-state index in [1.807, 2.05) is 12.5 Å². The number of imidazole rings is 1. The van der Waals surface area contributed by atoms with Gasteiger partial charge in [0, 0.05) is 18.4 Å². The molecule has 0 bridgehead atoms. The van der Waals surface area contributed by atoms with Crippen LogP contribution in [-0.2, 0) is 0 Å². The number of unbranched alkanes of at least 4 members (excludes halogenated alkanes) is 15. The number of hydrogen-bond acceptors (Lipinski definition) is 1. The first-order valence-electron chi connectivity index (χ1n) is 12.2. The second-order valence-electron chi connectivity index (χ2n) is 8.82. The molecule has 158 valence electrons. The molecule has 0 amide bonds. The van der Waals surface area contributed by atoms with Crippen molar-refractivity contribution in [1.29, 1.82) is 0 Å². The summed E-state index contributed by atoms with van der Waals surface area (Å²) < 4.78 is 2.25. The van der Waals surface area contributed by atoms with Gasteiger partial charge in [0.1, 0.15) is 0 Å². The lowest BCUT2D eigenvalue weighted by atomic mass is 9.95. The third-order valence-corrected chi connectivity index (χ3v) is 6.33. The van der Waals surface area contributed by atoms with E-state index in [-0.39, 0.29) is 0 Å². The van der Waals surface area contributed by atoms with Crippen molar-refractivity contribution in [1.82, 2.24) is 9.55 Å². The average molecular weight is 377 g/mol. The van der Waals surface area contributed by atoms with E-state index in [9.17, 15) is 0 Å². The second-order valence-corrected chi connectivity index (χ2v) is 8.82. The molecule has 1 heterocycles. The van der Waals surface area contributed by atoms with Gasteiger partial charge < -0.3 is 4.57 Å². The smallest absolute Gasteiger partial charge is 0.0948 e. The van der Waals surface area contributed by atoms with E-state index in [1.54, 1.807) is 0 Å². The Morgan fingerprint density at radius 2 is 1.11 bits per heavy atom. The Labute approximate surface area is 170 Å². The van der Waals surface area contributed by atoms with E-state index in [0.29, 0.717) is 6.04 Å². The van der Waals surface area contributed by atoms with E-state index in [1.165, 1.54) is 109 Å². The molecule has 0 saturated carbocycles. The van der Waals surface area contributed by atoms with Gasteiger partial charge in [-0.15, -0.1) is 0 Å². The number of hydrogen-bond donors (Lipinski definition) is 0. The zero-order valence-corrected chi connectivity index (χ0v) is 18.8. The third kappa shape index (κ3) is 13.1. The summed E-state index contributed by atoms with van der Waals surface area (Å²) in [5.74, 6) is 0.742. The summed E-state index contributed by atoms with van der Waals surface area (Å²) in [6.45, 7) is 7.00. The maximum absolute atomic E-state index is 4.17. The lowest BCUT2D eigenvalue weighted by molar-refractivity contribution is 0.345. The summed E-state index contributed by atoms with van der Waals surface area (Å²) in [5.41, 5.74) is 0. The van der Waals surface area contributed by atoms with E-state index < -0.39 is 0 Å². The van der Waals surface area contributed by atoms with Crippen LogP contribution in [0.1, 0.15) is 136 Å². The van der Waals surface area contributed by atoms with Crippen molar-refractivity contribution in [3.05, 3.63) is 18.7 Å². The summed E-state index contributed by atoms with van der Waals surface area (Å²) in [6, 6.07) is 0.573. The van der Waals surface area contributed by atoms with Crippen LogP contribution in [-0.4, -0.2) is 9.55 Å². The minimum Gasteiger partial charge on any atom is -0.334 e. The highest BCUT2D eigenvalue weighted by Crippen LogP contribution is 2.23. The summed E-state index contributed by atoms with van der Waals surface area (Å²) in [5, 5.41) is 0. The Morgan fingerprint density at radius 1 is 0.667 bits per heavy atom. The van der Waals surface area contributed by atoms with Crippen LogP contribution >= 0.6 is 0 Å². The van der Waals surface area contributed by atoms with Gasteiger partial charge in [-0.3, -0.25) is 0 Å². The molecule has 0 aliphatic carbocycles. The van der Waals surface area contributed by atoms with Crippen LogP contribution in [0.5, 0.6) is 0 Å². The van der Waals surface area contributed by atoms with Crippen LogP contribution in [0, 0.1) is 5.92 Å². The van der Waals surface area contributed by atoms with Crippen molar-refractivity contribution in [3.63, 3.8) is 0 Å². The predicted octanol–water partition coefficient (Wildman–Crippen LogP) is 8.73. The number of rotatable bonds is 19. The van der Waals surface area contributed by atoms with Gasteiger partial charge in [-0.1, -0.05) is 117 Å². The van der Waals surface area contributed by atoms with Crippen LogP contribution in [0.15, 0.2) is 18.7 Å². The lowest BCUT2D eigenvalue weighted by Gasteiger charge is -2.21. The van der Waals surface area contributed by atoms with Gasteiger partial charge >= 0.3 is 0 Å². The summed E-state index contributed by atoms with van der Waals surface area (Å²) in [6.07, 6.45) is 30.4. The summed E-state index contributed by atoms with van der Waals surface area (Å²) in [7, 11) is 0. The molecule has 0 N–H and O–H groups in total. The number of aromatic nitrogens is 2. The Morgan fingerprint density at radius 3 is 1.52 bits per heavy atom. The maximum atomic E-state index is 4.17. The molecular formula is C25H48N2. The fraction of sp³-hybridized carbons (Fsp3) is 0.880. The first-order valence-corrected chi connectivity index (χ1v) is 12.2. The summed E-state index contributed by atoms with van der Waals surface area (Å²) in [4.78, 5) is 4.17. The summed E-state index contributed by atoms with van der Waals surface area (Å²) >= 11 is 0. The molecule has 2 nitrogen and oxygen atoms in total. The minimum atomic E-state index is 0.573. The molecule has 1 rings (SSSR count). The fourth-order valence-electron chi connectivity index (χ4n) is 4.06. The molecule has 0 aromatic carbocycles. The van der Waals surface area contributed by atoms with E-state index in [2.05, 4.69) is 36.5 Å². The SMILES string of the molecule is CCCCCCCCCCCCCCCCCCC(C)C(C)n1ccnc1. The molecule has 27 heavy (non-hydrogen) atoms. The molecule has 2 unspecified atom stereocenters. The maximum Gasteiger partial charge on any atom is 0.0948 e. The molecule has 0 saturated heterocycles. The Hall–Kier alpha value is -0.790. The van der Waals surface area contributed by atoms with E-state index in [4.69, 9.17) is 0 Å². The molecular weight excluding hydrogens is 328 g/mol. The second kappa shape index (κ2) is 17.3.